The maximum absolute atomic E-state index is 4.92. The smallest absolute Gasteiger partial charge is 0.124 e. The van der Waals surface area contributed by atoms with Crippen LogP contribution in [0.5, 0.6) is 0 Å². The van der Waals surface area contributed by atoms with Crippen molar-refractivity contribution in [2.24, 2.45) is 11.8 Å². The van der Waals surface area contributed by atoms with E-state index in [0.717, 1.165) is 57.9 Å². The number of nitrogens with one attached hydrogen (secondary N) is 4. The standard InChI is InChI=1S/C30H28N6/c1-2-17-8-19(28-14-31-29(36-28)26-12-20-10-23(20)32-26)4-3-15(17)7-16(1)18-5-6-22-25(9-18)35-30(34-22)27-13-21-11-24(21)33-27/h1-9,14,20-21,23-24,26-27,32-33H,10-13H2,(H,31,36)(H,34,35)/t20-,21-,23+,24+,26-,27-/m0/s1. The SMILES string of the molecule is c1cc2cc(-c3c[nH]c([C@@H]4C[C@@H]5C[C@H]5N4)n3)ccc2cc1-c1ccc2nc([C@@H]3C[C@@H]4C[C@H]4N3)[nH]c2c1. The van der Waals surface area contributed by atoms with Crippen LogP contribution in [-0.2, 0) is 0 Å². The minimum atomic E-state index is 0.380. The van der Waals surface area contributed by atoms with Crippen molar-refractivity contribution in [2.45, 2.75) is 49.9 Å². The van der Waals surface area contributed by atoms with Gasteiger partial charge in [-0.3, -0.25) is 0 Å². The van der Waals surface area contributed by atoms with E-state index >= 15 is 0 Å². The average Bonchev–Trinajstić information content (AvgIpc) is 3.49. The number of hydrogen-bond acceptors (Lipinski definition) is 4. The van der Waals surface area contributed by atoms with E-state index in [4.69, 9.17) is 9.97 Å². The summed E-state index contributed by atoms with van der Waals surface area (Å²) in [7, 11) is 0. The number of piperidine rings is 2. The van der Waals surface area contributed by atoms with Gasteiger partial charge in [-0.15, -0.1) is 0 Å². The molecule has 2 saturated carbocycles. The van der Waals surface area contributed by atoms with Crippen molar-refractivity contribution < 1.29 is 0 Å². The van der Waals surface area contributed by atoms with Crippen molar-refractivity contribution in [2.75, 3.05) is 0 Å². The van der Waals surface area contributed by atoms with Gasteiger partial charge in [0.05, 0.1) is 28.8 Å². The van der Waals surface area contributed by atoms with Crippen LogP contribution in [0.25, 0.3) is 44.2 Å². The van der Waals surface area contributed by atoms with Crippen molar-refractivity contribution >= 4 is 21.8 Å². The van der Waals surface area contributed by atoms with E-state index < -0.39 is 0 Å². The van der Waals surface area contributed by atoms with Crippen molar-refractivity contribution in [1.29, 1.82) is 0 Å². The maximum Gasteiger partial charge on any atom is 0.124 e. The van der Waals surface area contributed by atoms with E-state index in [1.807, 2.05) is 0 Å². The molecule has 5 aromatic rings. The van der Waals surface area contributed by atoms with Gasteiger partial charge < -0.3 is 20.6 Å². The normalized spacial score (nSPS) is 30.1. The fourth-order valence-corrected chi connectivity index (χ4v) is 6.69. The monoisotopic (exact) mass is 472 g/mol. The Balaban J connectivity index is 0.999. The van der Waals surface area contributed by atoms with E-state index in [0.29, 0.717) is 12.1 Å². The highest BCUT2D eigenvalue weighted by molar-refractivity contribution is 5.91. The summed E-state index contributed by atoms with van der Waals surface area (Å²) >= 11 is 0. The number of imidazole rings is 2. The van der Waals surface area contributed by atoms with Gasteiger partial charge in [0, 0.05) is 23.8 Å². The van der Waals surface area contributed by atoms with Crippen LogP contribution in [0.3, 0.4) is 0 Å². The Morgan fingerprint density at radius 2 is 1.31 bits per heavy atom. The second kappa shape index (κ2) is 7.05. The van der Waals surface area contributed by atoms with Crippen LogP contribution in [0.4, 0.5) is 0 Å². The van der Waals surface area contributed by atoms with Crippen LogP contribution in [0.2, 0.25) is 0 Å². The van der Waals surface area contributed by atoms with Gasteiger partial charge in [-0.25, -0.2) is 9.97 Å². The summed E-state index contributed by atoms with van der Waals surface area (Å²) in [5, 5.41) is 9.86. The molecule has 4 heterocycles. The molecular weight excluding hydrogens is 444 g/mol. The first-order chi connectivity index (χ1) is 17.7. The molecule has 9 rings (SSSR count). The summed E-state index contributed by atoms with van der Waals surface area (Å²) in [6.07, 6.45) is 7.15. The minimum Gasteiger partial charge on any atom is -0.347 e. The largest absolute Gasteiger partial charge is 0.347 e. The van der Waals surface area contributed by atoms with Crippen LogP contribution in [0, 0.1) is 11.8 Å². The molecule has 6 nitrogen and oxygen atoms in total. The van der Waals surface area contributed by atoms with Gasteiger partial charge in [0.1, 0.15) is 11.6 Å². The molecule has 2 saturated heterocycles. The van der Waals surface area contributed by atoms with Gasteiger partial charge in [0.2, 0.25) is 0 Å². The third-order valence-corrected chi connectivity index (χ3v) is 8.98. The van der Waals surface area contributed by atoms with Gasteiger partial charge >= 0.3 is 0 Å². The van der Waals surface area contributed by atoms with Crippen LogP contribution in [0.15, 0.2) is 60.8 Å². The lowest BCUT2D eigenvalue weighted by Crippen LogP contribution is -2.18. The van der Waals surface area contributed by atoms with Crippen LogP contribution < -0.4 is 10.6 Å². The first-order valence-electron chi connectivity index (χ1n) is 13.4. The summed E-state index contributed by atoms with van der Waals surface area (Å²) in [4.78, 5) is 16.8. The molecule has 4 aliphatic rings. The van der Waals surface area contributed by atoms with E-state index in [2.05, 4.69) is 81.4 Å². The molecule has 4 N–H and O–H groups in total. The lowest BCUT2D eigenvalue weighted by Gasteiger charge is -2.09. The van der Waals surface area contributed by atoms with Gasteiger partial charge in [0.15, 0.2) is 0 Å². The van der Waals surface area contributed by atoms with Gasteiger partial charge in [-0.05, 0) is 83.7 Å². The molecule has 6 heteroatoms. The number of hydrogen-bond donors (Lipinski definition) is 4. The van der Waals surface area contributed by atoms with Gasteiger partial charge in [-0.1, -0.05) is 30.3 Å². The Hall–Kier alpha value is -3.48. The molecule has 0 radical (unpaired) electrons. The zero-order valence-electron chi connectivity index (χ0n) is 20.0. The predicted molar refractivity (Wildman–Crippen MR) is 141 cm³/mol. The summed E-state index contributed by atoms with van der Waals surface area (Å²) < 4.78 is 0. The minimum absolute atomic E-state index is 0.380. The van der Waals surface area contributed by atoms with Crippen LogP contribution in [-0.4, -0.2) is 32.0 Å². The predicted octanol–water partition coefficient (Wildman–Crippen LogP) is 5.62. The van der Waals surface area contributed by atoms with Gasteiger partial charge in [-0.2, -0.15) is 0 Å². The Bertz CT molecular complexity index is 1640. The van der Waals surface area contributed by atoms with E-state index in [1.165, 1.54) is 47.6 Å². The second-order valence-electron chi connectivity index (χ2n) is 11.4. The van der Waals surface area contributed by atoms with E-state index in [-0.39, 0.29) is 0 Å². The molecule has 178 valence electrons. The van der Waals surface area contributed by atoms with Crippen molar-refractivity contribution in [1.82, 2.24) is 30.6 Å². The summed E-state index contributed by atoms with van der Waals surface area (Å²) in [6, 6.07) is 22.2. The highest BCUT2D eigenvalue weighted by atomic mass is 15.1. The quantitative estimate of drug-likeness (QED) is 0.274. The Morgan fingerprint density at radius 3 is 2.06 bits per heavy atom. The number of H-pyrrole nitrogens is 2. The maximum atomic E-state index is 4.92. The Kier molecular flexibility index (Phi) is 3.86. The van der Waals surface area contributed by atoms with Crippen molar-refractivity contribution in [3.63, 3.8) is 0 Å². The van der Waals surface area contributed by atoms with Crippen LogP contribution >= 0.6 is 0 Å². The number of fused-ring (bicyclic) bond motifs is 4. The van der Waals surface area contributed by atoms with E-state index in [9.17, 15) is 0 Å². The highest BCUT2D eigenvalue weighted by Crippen LogP contribution is 2.46. The molecule has 6 atom stereocenters. The lowest BCUT2D eigenvalue weighted by molar-refractivity contribution is 0.543. The Morgan fingerprint density at radius 1 is 0.639 bits per heavy atom. The molecule has 2 aliphatic heterocycles. The molecule has 3 aromatic carbocycles. The third kappa shape index (κ3) is 3.11. The number of aromatic nitrogens is 4. The molecule has 0 amide bonds. The summed E-state index contributed by atoms with van der Waals surface area (Å²) in [5.41, 5.74) is 6.78. The first-order valence-corrected chi connectivity index (χ1v) is 13.4. The van der Waals surface area contributed by atoms with Crippen molar-refractivity contribution in [3.05, 3.63) is 72.4 Å². The van der Waals surface area contributed by atoms with Crippen LogP contribution in [0.1, 0.15) is 49.4 Å². The fourth-order valence-electron chi connectivity index (χ4n) is 6.69. The zero-order valence-corrected chi connectivity index (χ0v) is 20.0. The van der Waals surface area contributed by atoms with E-state index in [1.54, 1.807) is 0 Å². The zero-order chi connectivity index (χ0) is 23.4. The summed E-state index contributed by atoms with van der Waals surface area (Å²) in [6.45, 7) is 0. The highest BCUT2D eigenvalue weighted by Gasteiger charge is 2.47. The molecule has 4 fully saturated rings. The molecule has 2 aliphatic carbocycles. The topological polar surface area (TPSA) is 81.4 Å². The van der Waals surface area contributed by atoms with Gasteiger partial charge in [0.25, 0.3) is 0 Å². The molecule has 0 unspecified atom stereocenters. The molecule has 0 spiro atoms. The number of aromatic amines is 2. The number of rotatable bonds is 4. The Labute approximate surface area is 208 Å². The van der Waals surface area contributed by atoms with Crippen molar-refractivity contribution in [3.8, 4) is 22.4 Å². The lowest BCUT2D eigenvalue weighted by atomic mass is 9.99. The average molecular weight is 473 g/mol. The molecular formula is C30H28N6. The number of benzene rings is 3. The molecule has 0 bridgehead atoms. The molecule has 36 heavy (non-hydrogen) atoms. The molecule has 2 aromatic heterocycles. The number of nitrogens with zero attached hydrogens (tertiary/aromatic N) is 2. The summed E-state index contributed by atoms with van der Waals surface area (Å²) in [5.74, 6) is 3.89. The fraction of sp³-hybridized carbons (Fsp3) is 0.333. The first kappa shape index (κ1) is 19.7. The third-order valence-electron chi connectivity index (χ3n) is 8.98. The second-order valence-corrected chi connectivity index (χ2v) is 11.4.